The Morgan fingerprint density at radius 1 is 1.26 bits per heavy atom. The molecule has 0 saturated carbocycles. The molecule has 2 aromatic heterocycles. The van der Waals surface area contributed by atoms with Crippen LogP contribution in [0.5, 0.6) is 0 Å². The van der Waals surface area contributed by atoms with Crippen LogP contribution < -0.4 is 16.8 Å². The van der Waals surface area contributed by atoms with Crippen LogP contribution in [0.15, 0.2) is 24.3 Å². The number of hydrogen-bond acceptors (Lipinski definition) is 6. The second kappa shape index (κ2) is 12.1. The molecule has 5 N–H and O–H groups in total. The van der Waals surface area contributed by atoms with Crippen LogP contribution in [-0.2, 0) is 28.7 Å². The van der Waals surface area contributed by atoms with Gasteiger partial charge in [0.1, 0.15) is 10.7 Å². The Labute approximate surface area is 212 Å². The Balaban J connectivity index is 0.00000289. The third-order valence-corrected chi connectivity index (χ3v) is 6.88. The largest absolute Gasteiger partial charge is 0.425 e. The predicted octanol–water partition coefficient (Wildman–Crippen LogP) is 3.32. The predicted molar refractivity (Wildman–Crippen MR) is 130 cm³/mol. The number of nitrogens with one attached hydrogen (secondary N) is 1. The number of primary amides is 1. The van der Waals surface area contributed by atoms with Crippen molar-refractivity contribution >= 4 is 53.8 Å². The minimum atomic E-state index is -4.37. The molecule has 1 saturated heterocycles. The van der Waals surface area contributed by atoms with Crippen molar-refractivity contribution in [3.8, 4) is 0 Å². The number of carbonyl (C=O) groups is 2. The van der Waals surface area contributed by atoms with Crippen LogP contribution in [0.3, 0.4) is 0 Å². The van der Waals surface area contributed by atoms with Crippen LogP contribution in [0.4, 0.5) is 19.0 Å². The minimum Gasteiger partial charge on any atom is -0.384 e. The summed E-state index contributed by atoms with van der Waals surface area (Å²) in [5, 5.41) is 2.84. The topological polar surface area (TPSA) is 114 Å². The van der Waals surface area contributed by atoms with Gasteiger partial charge < -0.3 is 16.8 Å². The Bertz CT molecular complexity index is 1010. The van der Waals surface area contributed by atoms with E-state index in [0.29, 0.717) is 47.1 Å². The van der Waals surface area contributed by atoms with Crippen LogP contribution >= 0.6 is 36.2 Å². The van der Waals surface area contributed by atoms with Gasteiger partial charge >= 0.3 is 6.18 Å². The highest BCUT2D eigenvalue weighted by Crippen LogP contribution is 2.37. The lowest BCUT2D eigenvalue weighted by molar-refractivity contribution is -0.134. The lowest BCUT2D eigenvalue weighted by Crippen LogP contribution is -2.51. The number of aryl methyl sites for hydroxylation is 1. The first-order chi connectivity index (χ1) is 15.0. The number of nitrogens with zero attached hydrogens (tertiary/aromatic N) is 2. The molecular formula is C21H28Cl2F3N5O2S. The monoisotopic (exact) mass is 541 g/mol. The number of nitrogen functional groups attached to an aromatic ring is 1. The molecule has 0 aromatic carbocycles. The van der Waals surface area contributed by atoms with E-state index in [1.54, 1.807) is 30.9 Å². The third-order valence-electron chi connectivity index (χ3n) is 5.73. The van der Waals surface area contributed by atoms with E-state index >= 15 is 0 Å². The number of hydrogen-bond donors (Lipinski definition) is 3. The van der Waals surface area contributed by atoms with Crippen molar-refractivity contribution in [2.75, 3.05) is 12.3 Å². The SMILES string of the molecule is Cc1nc(N)ccc1CNC(=O)[C@H](C)N1CC(Cc2ccc(C(F)(F)F)s2)CC1C(N)=O.Cl.Cl. The zero-order valence-corrected chi connectivity index (χ0v) is 21.0. The molecule has 7 nitrogen and oxygen atoms in total. The van der Waals surface area contributed by atoms with Crippen LogP contribution in [0.1, 0.15) is 34.4 Å². The smallest absolute Gasteiger partial charge is 0.384 e. The average molecular weight is 542 g/mol. The van der Waals surface area contributed by atoms with Gasteiger partial charge in [-0.25, -0.2) is 4.98 Å². The Kier molecular flexibility index (Phi) is 10.6. The van der Waals surface area contributed by atoms with E-state index in [2.05, 4.69) is 10.3 Å². The van der Waals surface area contributed by atoms with Gasteiger partial charge in [0, 0.05) is 23.7 Å². The summed E-state index contributed by atoms with van der Waals surface area (Å²) in [6.45, 7) is 4.14. The summed E-state index contributed by atoms with van der Waals surface area (Å²) >= 11 is 0.706. The maximum absolute atomic E-state index is 12.9. The Morgan fingerprint density at radius 2 is 1.94 bits per heavy atom. The molecule has 34 heavy (non-hydrogen) atoms. The molecule has 1 aliphatic heterocycles. The van der Waals surface area contributed by atoms with E-state index in [9.17, 15) is 22.8 Å². The van der Waals surface area contributed by atoms with Crippen molar-refractivity contribution < 1.29 is 22.8 Å². The molecule has 3 heterocycles. The van der Waals surface area contributed by atoms with Gasteiger partial charge in [0.15, 0.2) is 0 Å². The number of aromatic nitrogens is 1. The van der Waals surface area contributed by atoms with Crippen molar-refractivity contribution in [3.05, 3.63) is 45.3 Å². The highest BCUT2D eigenvalue weighted by Gasteiger charge is 2.40. The standard InChI is InChI=1S/C21H26F3N5O2S.2ClH/c1-11-14(3-6-18(25)28-11)9-27-20(31)12(2)29-10-13(8-16(29)19(26)30)7-15-4-5-17(32-15)21(22,23)24;;/h3-6,12-13,16H,7-10H2,1-2H3,(H2,25,28)(H2,26,30)(H,27,31);2*1H/t12-,13?,16?;;/m0../s1. The molecule has 0 bridgehead atoms. The molecule has 1 aliphatic rings. The zero-order valence-electron chi connectivity index (χ0n) is 18.6. The summed E-state index contributed by atoms with van der Waals surface area (Å²) in [5.74, 6) is -0.506. The van der Waals surface area contributed by atoms with Gasteiger partial charge in [0.2, 0.25) is 11.8 Å². The van der Waals surface area contributed by atoms with E-state index in [0.717, 1.165) is 11.6 Å². The lowest BCUT2D eigenvalue weighted by atomic mass is 10.0. The fourth-order valence-corrected chi connectivity index (χ4v) is 5.00. The Hall–Kier alpha value is -2.08. The van der Waals surface area contributed by atoms with Gasteiger partial charge in [-0.2, -0.15) is 13.2 Å². The second-order valence-electron chi connectivity index (χ2n) is 8.06. The minimum absolute atomic E-state index is 0. The van der Waals surface area contributed by atoms with Crippen LogP contribution in [-0.4, -0.2) is 40.3 Å². The van der Waals surface area contributed by atoms with E-state index in [-0.39, 0.29) is 43.2 Å². The number of nitrogens with two attached hydrogens (primary N) is 2. The van der Waals surface area contributed by atoms with E-state index in [1.165, 1.54) is 6.07 Å². The summed E-state index contributed by atoms with van der Waals surface area (Å²) in [6.07, 6.45) is -3.58. The molecule has 2 unspecified atom stereocenters. The number of likely N-dealkylation sites (tertiary alicyclic amines) is 1. The lowest BCUT2D eigenvalue weighted by Gasteiger charge is -2.28. The van der Waals surface area contributed by atoms with Crippen molar-refractivity contribution in [2.45, 2.75) is 51.5 Å². The third kappa shape index (κ3) is 7.21. The molecule has 0 spiro atoms. The van der Waals surface area contributed by atoms with E-state index in [4.69, 9.17) is 11.5 Å². The van der Waals surface area contributed by atoms with Crippen molar-refractivity contribution in [2.24, 2.45) is 11.7 Å². The molecule has 2 aromatic rings. The van der Waals surface area contributed by atoms with E-state index in [1.807, 2.05) is 0 Å². The normalized spacial score (nSPS) is 19.1. The molecule has 1 fully saturated rings. The zero-order chi connectivity index (χ0) is 23.6. The molecular weight excluding hydrogens is 514 g/mol. The summed E-state index contributed by atoms with van der Waals surface area (Å²) in [7, 11) is 0. The molecule has 13 heteroatoms. The summed E-state index contributed by atoms with van der Waals surface area (Å²) < 4.78 is 38.6. The summed E-state index contributed by atoms with van der Waals surface area (Å²) in [4.78, 5) is 30.6. The summed E-state index contributed by atoms with van der Waals surface area (Å²) in [6, 6.07) is 4.70. The fraction of sp³-hybridized carbons (Fsp3) is 0.476. The quantitative estimate of drug-likeness (QED) is 0.497. The number of thiophene rings is 1. The number of amides is 2. The highest BCUT2D eigenvalue weighted by atomic mass is 35.5. The molecule has 190 valence electrons. The second-order valence-corrected chi connectivity index (χ2v) is 9.23. The van der Waals surface area contributed by atoms with Crippen molar-refractivity contribution in [1.29, 1.82) is 0 Å². The first-order valence-corrected chi connectivity index (χ1v) is 11.0. The number of rotatable bonds is 7. The molecule has 3 rings (SSSR count). The van der Waals surface area contributed by atoms with Gasteiger partial charge in [0.05, 0.1) is 12.1 Å². The van der Waals surface area contributed by atoms with Crippen molar-refractivity contribution in [1.82, 2.24) is 15.2 Å². The average Bonchev–Trinajstić information content (AvgIpc) is 3.34. The van der Waals surface area contributed by atoms with Gasteiger partial charge in [-0.05, 0) is 56.4 Å². The van der Waals surface area contributed by atoms with Gasteiger partial charge in [0.25, 0.3) is 0 Å². The van der Waals surface area contributed by atoms with Crippen LogP contribution in [0, 0.1) is 12.8 Å². The number of carbonyl (C=O) groups excluding carboxylic acids is 2. The molecule has 0 aliphatic carbocycles. The number of anilines is 1. The number of halogens is 5. The first-order valence-electron chi connectivity index (χ1n) is 10.2. The maximum atomic E-state index is 12.9. The van der Waals surface area contributed by atoms with Gasteiger partial charge in [-0.15, -0.1) is 36.2 Å². The van der Waals surface area contributed by atoms with Gasteiger partial charge in [-0.3, -0.25) is 14.5 Å². The summed E-state index contributed by atoms with van der Waals surface area (Å²) in [5.41, 5.74) is 12.7. The number of pyridine rings is 1. The van der Waals surface area contributed by atoms with Crippen molar-refractivity contribution in [3.63, 3.8) is 0 Å². The van der Waals surface area contributed by atoms with Crippen LogP contribution in [0.2, 0.25) is 0 Å². The number of alkyl halides is 3. The fourth-order valence-electron chi connectivity index (χ4n) is 4.01. The maximum Gasteiger partial charge on any atom is 0.425 e. The first kappa shape index (κ1) is 30.0. The Morgan fingerprint density at radius 3 is 2.50 bits per heavy atom. The highest BCUT2D eigenvalue weighted by molar-refractivity contribution is 7.12. The van der Waals surface area contributed by atoms with Gasteiger partial charge in [-0.1, -0.05) is 6.07 Å². The van der Waals surface area contributed by atoms with Crippen LogP contribution in [0.25, 0.3) is 0 Å². The molecule has 0 radical (unpaired) electrons. The van der Waals surface area contributed by atoms with E-state index < -0.39 is 29.0 Å². The molecule has 3 atom stereocenters. The molecule has 2 amide bonds.